The number of hydrogen-bond donors (Lipinski definition) is 1. The molecule has 0 spiro atoms. The number of fused-ring (bicyclic) bond motifs is 1. The minimum absolute atomic E-state index is 0.00611. The van der Waals surface area contributed by atoms with Crippen molar-refractivity contribution < 1.29 is 18.4 Å². The van der Waals surface area contributed by atoms with E-state index in [2.05, 4.69) is 15.5 Å². The van der Waals surface area contributed by atoms with Crippen LogP contribution in [-0.4, -0.2) is 27.6 Å². The third-order valence-corrected chi connectivity index (χ3v) is 4.58. The molecule has 0 unspecified atom stereocenters. The molecule has 0 aliphatic carbocycles. The van der Waals surface area contributed by atoms with Gasteiger partial charge in [-0.2, -0.15) is 0 Å². The molecule has 2 aromatic rings. The van der Waals surface area contributed by atoms with E-state index in [1.54, 1.807) is 0 Å². The standard InChI is InChI=1S/C17H18FN3O3S/c1-17(2,3)15-20-21-16(24-15)25-8-13(22)10-6-9-4-5-14(23)19-12(9)7-11(10)18/h6-7H,4-5,8H2,1-3H3,(H,19,23). The van der Waals surface area contributed by atoms with Crippen LogP contribution in [0, 0.1) is 5.82 Å². The highest BCUT2D eigenvalue weighted by molar-refractivity contribution is 7.99. The summed E-state index contributed by atoms with van der Waals surface area (Å²) < 4.78 is 19.7. The van der Waals surface area contributed by atoms with Crippen molar-refractivity contribution in [3.8, 4) is 0 Å². The van der Waals surface area contributed by atoms with Gasteiger partial charge in [-0.05, 0) is 24.1 Å². The number of nitrogens with zero attached hydrogens (tertiary/aromatic N) is 2. The Morgan fingerprint density at radius 2 is 2.08 bits per heavy atom. The van der Waals surface area contributed by atoms with E-state index in [1.807, 2.05) is 20.8 Å². The van der Waals surface area contributed by atoms with E-state index >= 15 is 0 Å². The molecule has 1 aromatic carbocycles. The molecule has 0 saturated carbocycles. The molecular weight excluding hydrogens is 345 g/mol. The number of amides is 1. The number of carbonyl (C=O) groups is 2. The van der Waals surface area contributed by atoms with Gasteiger partial charge in [-0.3, -0.25) is 9.59 Å². The Labute approximate surface area is 148 Å². The van der Waals surface area contributed by atoms with E-state index in [-0.39, 0.29) is 33.6 Å². The lowest BCUT2D eigenvalue weighted by molar-refractivity contribution is -0.116. The zero-order valence-corrected chi connectivity index (χ0v) is 15.0. The highest BCUT2D eigenvalue weighted by Crippen LogP contribution is 2.28. The molecule has 1 amide bonds. The van der Waals surface area contributed by atoms with Crippen LogP contribution in [0.25, 0.3) is 0 Å². The van der Waals surface area contributed by atoms with E-state index in [0.717, 1.165) is 17.3 Å². The number of ketones is 1. The summed E-state index contributed by atoms with van der Waals surface area (Å²) in [5.41, 5.74) is 0.940. The highest BCUT2D eigenvalue weighted by atomic mass is 32.2. The Hall–Kier alpha value is -2.22. The third-order valence-electron chi connectivity index (χ3n) is 3.76. The van der Waals surface area contributed by atoms with Crippen LogP contribution in [0.1, 0.15) is 49.0 Å². The molecule has 0 fully saturated rings. The van der Waals surface area contributed by atoms with Crippen molar-refractivity contribution in [3.05, 3.63) is 35.0 Å². The molecule has 0 atom stereocenters. The molecule has 3 rings (SSSR count). The number of halogens is 1. The van der Waals surface area contributed by atoms with Crippen LogP contribution in [-0.2, 0) is 16.6 Å². The van der Waals surface area contributed by atoms with Gasteiger partial charge < -0.3 is 9.73 Å². The number of carbonyl (C=O) groups excluding carboxylic acids is 2. The monoisotopic (exact) mass is 363 g/mol. The Bertz CT molecular complexity index is 842. The number of aromatic nitrogens is 2. The number of thioether (sulfide) groups is 1. The van der Waals surface area contributed by atoms with Crippen molar-refractivity contribution in [1.29, 1.82) is 0 Å². The number of nitrogens with one attached hydrogen (secondary N) is 1. The molecule has 1 aromatic heterocycles. The SMILES string of the molecule is CC(C)(C)c1nnc(SCC(=O)c2cc3c(cc2F)NC(=O)CC3)o1. The maximum absolute atomic E-state index is 14.2. The topological polar surface area (TPSA) is 85.1 Å². The number of anilines is 1. The van der Waals surface area contributed by atoms with E-state index < -0.39 is 5.82 Å². The average Bonchev–Trinajstić information content (AvgIpc) is 3.01. The predicted molar refractivity (Wildman–Crippen MR) is 91.4 cm³/mol. The first-order valence-electron chi connectivity index (χ1n) is 7.86. The first-order valence-corrected chi connectivity index (χ1v) is 8.85. The number of hydrogen-bond acceptors (Lipinski definition) is 6. The summed E-state index contributed by atoms with van der Waals surface area (Å²) in [5.74, 6) is -0.677. The van der Waals surface area contributed by atoms with Crippen LogP contribution >= 0.6 is 11.8 Å². The Balaban J connectivity index is 1.71. The van der Waals surface area contributed by atoms with Crippen molar-refractivity contribution in [2.75, 3.05) is 11.1 Å². The molecule has 1 aliphatic rings. The summed E-state index contributed by atoms with van der Waals surface area (Å²) in [6.07, 6.45) is 0.825. The van der Waals surface area contributed by atoms with Crippen LogP contribution in [0.4, 0.5) is 10.1 Å². The molecule has 132 valence electrons. The van der Waals surface area contributed by atoms with Gasteiger partial charge in [0.15, 0.2) is 5.78 Å². The number of aryl methyl sites for hydroxylation is 1. The Morgan fingerprint density at radius 1 is 1.32 bits per heavy atom. The summed E-state index contributed by atoms with van der Waals surface area (Å²) in [6.45, 7) is 5.84. The van der Waals surface area contributed by atoms with Crippen LogP contribution in [0.15, 0.2) is 21.8 Å². The van der Waals surface area contributed by atoms with Crippen LogP contribution in [0.2, 0.25) is 0 Å². The fraction of sp³-hybridized carbons (Fsp3) is 0.412. The van der Waals surface area contributed by atoms with Crippen molar-refractivity contribution in [3.63, 3.8) is 0 Å². The van der Waals surface area contributed by atoms with Gasteiger partial charge in [0.1, 0.15) is 5.82 Å². The maximum Gasteiger partial charge on any atom is 0.277 e. The zero-order chi connectivity index (χ0) is 18.2. The van der Waals surface area contributed by atoms with E-state index in [9.17, 15) is 14.0 Å². The molecule has 25 heavy (non-hydrogen) atoms. The summed E-state index contributed by atoms with van der Waals surface area (Å²) in [7, 11) is 0. The third kappa shape index (κ3) is 3.89. The lowest BCUT2D eigenvalue weighted by Gasteiger charge is -2.17. The maximum atomic E-state index is 14.2. The first kappa shape index (κ1) is 17.6. The summed E-state index contributed by atoms with van der Waals surface area (Å²) >= 11 is 1.08. The minimum atomic E-state index is -0.646. The van der Waals surface area contributed by atoms with Gasteiger partial charge >= 0.3 is 0 Å². The summed E-state index contributed by atoms with van der Waals surface area (Å²) in [6, 6.07) is 2.72. The number of benzene rings is 1. The van der Waals surface area contributed by atoms with E-state index in [1.165, 1.54) is 12.1 Å². The lowest BCUT2D eigenvalue weighted by Crippen LogP contribution is -2.20. The fourth-order valence-corrected chi connectivity index (χ4v) is 3.04. The number of Topliss-reactive ketones (excluding diaryl/α,β-unsaturated/α-hetero) is 1. The Morgan fingerprint density at radius 3 is 2.76 bits per heavy atom. The van der Waals surface area contributed by atoms with Gasteiger partial charge in [-0.25, -0.2) is 4.39 Å². The van der Waals surface area contributed by atoms with Crippen molar-refractivity contribution >= 4 is 29.1 Å². The van der Waals surface area contributed by atoms with Gasteiger partial charge in [0, 0.05) is 17.5 Å². The zero-order valence-electron chi connectivity index (χ0n) is 14.2. The normalized spacial score (nSPS) is 14.2. The van der Waals surface area contributed by atoms with Crippen molar-refractivity contribution in [2.24, 2.45) is 0 Å². The molecule has 8 heteroatoms. The van der Waals surface area contributed by atoms with Crippen LogP contribution in [0.5, 0.6) is 0 Å². The van der Waals surface area contributed by atoms with Crippen LogP contribution in [0.3, 0.4) is 0 Å². The van der Waals surface area contributed by atoms with Gasteiger partial charge in [0.25, 0.3) is 5.22 Å². The van der Waals surface area contributed by atoms with E-state index in [0.29, 0.717) is 24.4 Å². The molecule has 0 radical (unpaired) electrons. The van der Waals surface area contributed by atoms with Crippen molar-refractivity contribution in [1.82, 2.24) is 10.2 Å². The second kappa shape index (κ2) is 6.59. The minimum Gasteiger partial charge on any atom is -0.415 e. The molecule has 1 N–H and O–H groups in total. The second-order valence-electron chi connectivity index (χ2n) is 6.87. The largest absolute Gasteiger partial charge is 0.415 e. The average molecular weight is 363 g/mol. The second-order valence-corrected chi connectivity index (χ2v) is 7.80. The smallest absolute Gasteiger partial charge is 0.277 e. The first-order chi connectivity index (χ1) is 11.7. The molecule has 0 bridgehead atoms. The van der Waals surface area contributed by atoms with Crippen molar-refractivity contribution in [2.45, 2.75) is 44.3 Å². The van der Waals surface area contributed by atoms with Gasteiger partial charge in [-0.1, -0.05) is 32.5 Å². The fourth-order valence-electron chi connectivity index (χ4n) is 2.39. The molecule has 6 nitrogen and oxygen atoms in total. The van der Waals surface area contributed by atoms with E-state index in [4.69, 9.17) is 4.42 Å². The highest BCUT2D eigenvalue weighted by Gasteiger charge is 2.23. The van der Waals surface area contributed by atoms with Crippen LogP contribution < -0.4 is 5.32 Å². The predicted octanol–water partition coefficient (Wildman–Crippen LogP) is 3.37. The van der Waals surface area contributed by atoms with Gasteiger partial charge in [0.05, 0.1) is 11.3 Å². The molecule has 0 saturated heterocycles. The summed E-state index contributed by atoms with van der Waals surface area (Å²) in [5, 5.41) is 10.8. The van der Waals surface area contributed by atoms with Gasteiger partial charge in [0.2, 0.25) is 11.8 Å². The number of rotatable bonds is 4. The molecular formula is C17H18FN3O3S. The quantitative estimate of drug-likeness (QED) is 0.662. The van der Waals surface area contributed by atoms with Gasteiger partial charge in [-0.15, -0.1) is 10.2 Å². The lowest BCUT2D eigenvalue weighted by atomic mass is 9.97. The Kier molecular flexibility index (Phi) is 4.64. The molecule has 2 heterocycles. The molecule has 1 aliphatic heterocycles. The summed E-state index contributed by atoms with van der Waals surface area (Å²) in [4.78, 5) is 23.7.